The summed E-state index contributed by atoms with van der Waals surface area (Å²) in [7, 11) is 0. The molecule has 1 aromatic carbocycles. The topological polar surface area (TPSA) is 66.8 Å². The van der Waals surface area contributed by atoms with Crippen LogP contribution < -0.4 is 0 Å². The molecular weight excluding hydrogens is 352 g/mol. The van der Waals surface area contributed by atoms with Crippen molar-refractivity contribution >= 4 is 6.47 Å². The third-order valence-corrected chi connectivity index (χ3v) is 5.24. The number of hydrogen-bond acceptors (Lipinski definition) is 4. The molecule has 1 aromatic rings. The van der Waals surface area contributed by atoms with Crippen molar-refractivity contribution in [1.29, 1.82) is 0 Å². The normalized spacial score (nSPS) is 12.2. The van der Waals surface area contributed by atoms with E-state index in [2.05, 4.69) is 20.8 Å². The second kappa shape index (κ2) is 11.3. The summed E-state index contributed by atoms with van der Waals surface area (Å²) in [5.41, 5.74) is 1.81. The van der Waals surface area contributed by atoms with Crippen LogP contribution in [0.4, 0.5) is 0 Å². The maximum atomic E-state index is 10.5. The molecule has 0 heterocycles. The maximum absolute atomic E-state index is 10.5. The zero-order valence-corrected chi connectivity index (χ0v) is 18.5. The predicted molar refractivity (Wildman–Crippen MR) is 115 cm³/mol. The lowest BCUT2D eigenvalue weighted by molar-refractivity contribution is -0.140. The van der Waals surface area contributed by atoms with Gasteiger partial charge in [0, 0.05) is 6.07 Å². The van der Waals surface area contributed by atoms with Crippen LogP contribution in [0.1, 0.15) is 97.1 Å². The van der Waals surface area contributed by atoms with E-state index in [9.17, 15) is 15.0 Å². The van der Waals surface area contributed by atoms with E-state index < -0.39 is 5.60 Å². The Morgan fingerprint density at radius 2 is 1.29 bits per heavy atom. The van der Waals surface area contributed by atoms with Crippen molar-refractivity contribution in [2.45, 2.75) is 104 Å². The summed E-state index contributed by atoms with van der Waals surface area (Å²) in [6, 6.07) is 3.45. The first kappa shape index (κ1) is 24.3. The fraction of sp³-hybridized carbons (Fsp3) is 0.708. The number of carbonyl (C=O) groups excluding carboxylic acids is 1. The molecular formula is C24H40O4. The molecule has 4 heteroatoms. The highest BCUT2D eigenvalue weighted by atomic mass is 16.5. The largest absolute Gasteiger partial charge is 0.508 e. The van der Waals surface area contributed by atoms with Crippen molar-refractivity contribution in [1.82, 2.24) is 0 Å². The first-order valence-corrected chi connectivity index (χ1v) is 10.7. The number of carbonyl (C=O) groups is 1. The van der Waals surface area contributed by atoms with Gasteiger partial charge in [-0.15, -0.1) is 0 Å². The molecule has 0 fully saturated rings. The van der Waals surface area contributed by atoms with Gasteiger partial charge in [0.2, 0.25) is 0 Å². The summed E-state index contributed by atoms with van der Waals surface area (Å²) in [5, 5.41) is 20.3. The number of hydrogen-bond donors (Lipinski definition) is 2. The van der Waals surface area contributed by atoms with E-state index in [1.54, 1.807) is 0 Å². The molecule has 4 nitrogen and oxygen atoms in total. The van der Waals surface area contributed by atoms with Gasteiger partial charge in [0.15, 0.2) is 0 Å². The fourth-order valence-corrected chi connectivity index (χ4v) is 3.45. The van der Waals surface area contributed by atoms with Gasteiger partial charge in [-0.25, -0.2) is 0 Å². The van der Waals surface area contributed by atoms with Crippen LogP contribution in [0.2, 0.25) is 0 Å². The van der Waals surface area contributed by atoms with Crippen molar-refractivity contribution in [3.63, 3.8) is 0 Å². The Labute approximate surface area is 171 Å². The van der Waals surface area contributed by atoms with Gasteiger partial charge < -0.3 is 14.9 Å². The van der Waals surface area contributed by atoms with Gasteiger partial charge in [0.1, 0.15) is 17.1 Å². The van der Waals surface area contributed by atoms with Crippen LogP contribution in [0.3, 0.4) is 0 Å². The first-order chi connectivity index (χ1) is 13.0. The molecule has 0 radical (unpaired) electrons. The Morgan fingerprint density at radius 1 is 0.786 bits per heavy atom. The van der Waals surface area contributed by atoms with Crippen LogP contribution in [0, 0.1) is 5.41 Å². The fourth-order valence-electron chi connectivity index (χ4n) is 3.45. The van der Waals surface area contributed by atoms with Gasteiger partial charge in [0.25, 0.3) is 6.47 Å². The molecule has 0 aliphatic carbocycles. The molecule has 0 aliphatic heterocycles. The Morgan fingerprint density at radius 3 is 1.75 bits per heavy atom. The van der Waals surface area contributed by atoms with Crippen LogP contribution in [0.5, 0.6) is 11.5 Å². The average molecular weight is 393 g/mol. The molecule has 28 heavy (non-hydrogen) atoms. The standard InChI is InChI=1S/C24H40O4/c1-23(2,3)14-10-6-8-12-19-16-20(22(27)17-21(19)26)13-9-7-11-15-24(4,5)28-18-25/h16-18,26-27H,6-15H2,1-5H3. The molecule has 0 spiro atoms. The summed E-state index contributed by atoms with van der Waals surface area (Å²) < 4.78 is 5.07. The number of phenols is 2. The molecule has 0 atom stereocenters. The van der Waals surface area contributed by atoms with E-state index in [-0.39, 0.29) is 11.5 Å². The van der Waals surface area contributed by atoms with Crippen LogP contribution in [-0.2, 0) is 22.4 Å². The minimum atomic E-state index is -0.414. The minimum Gasteiger partial charge on any atom is -0.508 e. The van der Waals surface area contributed by atoms with Gasteiger partial charge in [-0.1, -0.05) is 40.0 Å². The minimum absolute atomic E-state index is 0.179. The molecule has 1 rings (SSSR count). The number of rotatable bonds is 13. The Hall–Kier alpha value is -1.71. The Kier molecular flexibility index (Phi) is 9.84. The second-order valence-electron chi connectivity index (χ2n) is 9.77. The van der Waals surface area contributed by atoms with Crippen molar-refractivity contribution in [3.05, 3.63) is 23.3 Å². The van der Waals surface area contributed by atoms with E-state index >= 15 is 0 Å². The number of ether oxygens (including phenoxy) is 1. The van der Waals surface area contributed by atoms with Crippen molar-refractivity contribution in [3.8, 4) is 11.5 Å². The van der Waals surface area contributed by atoms with E-state index in [1.807, 2.05) is 19.9 Å². The molecule has 0 amide bonds. The molecule has 0 saturated heterocycles. The monoisotopic (exact) mass is 392 g/mol. The summed E-state index contributed by atoms with van der Waals surface area (Å²) in [6.45, 7) is 11.1. The van der Waals surface area contributed by atoms with Gasteiger partial charge in [-0.05, 0) is 81.4 Å². The number of phenolic OH excluding ortho intramolecular Hbond substituents is 2. The van der Waals surface area contributed by atoms with E-state index in [0.29, 0.717) is 11.9 Å². The quantitative estimate of drug-likeness (QED) is 0.305. The Bertz CT molecular complexity index is 599. The summed E-state index contributed by atoms with van der Waals surface area (Å²) >= 11 is 0. The highest BCUT2D eigenvalue weighted by Gasteiger charge is 2.17. The average Bonchev–Trinajstić information content (AvgIpc) is 2.56. The van der Waals surface area contributed by atoms with Crippen molar-refractivity contribution < 1.29 is 19.7 Å². The van der Waals surface area contributed by atoms with Gasteiger partial charge in [0.05, 0.1) is 0 Å². The third kappa shape index (κ3) is 10.0. The molecule has 160 valence electrons. The van der Waals surface area contributed by atoms with E-state index in [1.165, 1.54) is 18.9 Å². The van der Waals surface area contributed by atoms with Gasteiger partial charge in [-0.2, -0.15) is 0 Å². The SMILES string of the molecule is CC(C)(C)CCCCCc1cc(CCCCCC(C)(C)OC=O)c(O)cc1O. The van der Waals surface area contributed by atoms with Crippen LogP contribution in [-0.4, -0.2) is 22.3 Å². The Balaban J connectivity index is 2.44. The molecule has 0 unspecified atom stereocenters. The lowest BCUT2D eigenvalue weighted by Gasteiger charge is -2.22. The number of unbranched alkanes of at least 4 members (excludes halogenated alkanes) is 4. The van der Waals surface area contributed by atoms with Crippen molar-refractivity contribution in [2.24, 2.45) is 5.41 Å². The molecule has 0 aliphatic rings. The summed E-state index contributed by atoms with van der Waals surface area (Å²) in [6.07, 6.45) is 10.0. The maximum Gasteiger partial charge on any atom is 0.293 e. The predicted octanol–water partition coefficient (Wildman–Crippen LogP) is 6.30. The smallest absolute Gasteiger partial charge is 0.293 e. The zero-order chi connectivity index (χ0) is 21.2. The van der Waals surface area contributed by atoms with Gasteiger partial charge in [-0.3, -0.25) is 4.79 Å². The highest BCUT2D eigenvalue weighted by molar-refractivity contribution is 5.45. The molecule has 2 N–H and O–H groups in total. The van der Waals surface area contributed by atoms with E-state index in [0.717, 1.165) is 62.5 Å². The van der Waals surface area contributed by atoms with Crippen LogP contribution in [0.25, 0.3) is 0 Å². The lowest BCUT2D eigenvalue weighted by Crippen LogP contribution is -2.23. The number of benzene rings is 1. The van der Waals surface area contributed by atoms with E-state index in [4.69, 9.17) is 4.74 Å². The molecule has 0 bridgehead atoms. The second-order valence-corrected chi connectivity index (χ2v) is 9.77. The number of aryl methyl sites for hydroxylation is 2. The zero-order valence-electron chi connectivity index (χ0n) is 18.5. The lowest BCUT2D eigenvalue weighted by atomic mass is 9.89. The van der Waals surface area contributed by atoms with Gasteiger partial charge >= 0.3 is 0 Å². The van der Waals surface area contributed by atoms with Crippen LogP contribution in [0.15, 0.2) is 12.1 Å². The molecule has 0 saturated carbocycles. The third-order valence-electron chi connectivity index (χ3n) is 5.24. The summed E-state index contributed by atoms with van der Waals surface area (Å²) in [4.78, 5) is 10.5. The number of aromatic hydroxyl groups is 2. The molecule has 0 aromatic heterocycles. The first-order valence-electron chi connectivity index (χ1n) is 10.7. The van der Waals surface area contributed by atoms with Crippen LogP contribution >= 0.6 is 0 Å². The summed E-state index contributed by atoms with van der Waals surface area (Å²) in [5.74, 6) is 0.378. The van der Waals surface area contributed by atoms with Crippen molar-refractivity contribution in [2.75, 3.05) is 0 Å². The highest BCUT2D eigenvalue weighted by Crippen LogP contribution is 2.30.